The highest BCUT2D eigenvalue weighted by atomic mass is 32.2. The maximum Gasteiger partial charge on any atom is 0.327 e. The lowest BCUT2D eigenvalue weighted by Crippen LogP contribution is -2.44. The highest BCUT2D eigenvalue weighted by molar-refractivity contribution is 7.85. The van der Waals surface area contributed by atoms with E-state index in [-0.39, 0.29) is 3.89 Å². The molecule has 4 heteroatoms. The molecule has 0 heterocycles. The molecule has 0 N–H and O–H groups in total. The van der Waals surface area contributed by atoms with Crippen LogP contribution in [0.25, 0.3) is 10.8 Å². The van der Waals surface area contributed by atoms with E-state index < -0.39 is 10.0 Å². The Bertz CT molecular complexity index is 932. The van der Waals surface area contributed by atoms with Crippen LogP contribution >= 0.6 is 0 Å². The van der Waals surface area contributed by atoms with E-state index in [2.05, 4.69) is 12.1 Å². The van der Waals surface area contributed by atoms with E-state index >= 15 is 0 Å². The first-order valence-corrected chi connectivity index (χ1v) is 8.95. The number of rotatable bonds is 4. The van der Waals surface area contributed by atoms with Crippen LogP contribution in [0.5, 0.6) is 0 Å². The van der Waals surface area contributed by atoms with Crippen molar-refractivity contribution in [2.24, 2.45) is 0 Å². The predicted molar refractivity (Wildman–Crippen MR) is 93.4 cm³/mol. The van der Waals surface area contributed by atoms with E-state index in [0.717, 1.165) is 16.3 Å². The van der Waals surface area contributed by atoms with Crippen LogP contribution < -0.4 is 0 Å². The molecule has 0 atom stereocenters. The Morgan fingerprint density at radius 3 is 2.09 bits per heavy atom. The van der Waals surface area contributed by atoms with E-state index in [0.29, 0.717) is 11.4 Å². The van der Waals surface area contributed by atoms with Crippen molar-refractivity contribution in [2.75, 3.05) is 14.1 Å². The lowest BCUT2D eigenvalue weighted by atomic mass is 10.1. The van der Waals surface area contributed by atoms with Gasteiger partial charge in [-0.15, -0.1) is 0 Å². The number of fused-ring (bicyclic) bond motifs is 1. The van der Waals surface area contributed by atoms with Gasteiger partial charge in [-0.25, -0.2) is 3.89 Å². The SMILES string of the molecule is C[N+](C)(Cc1ccc2ccccc2c1)S(=O)(=O)c1ccccc1. The zero-order valence-corrected chi connectivity index (χ0v) is 14.1. The molecule has 3 aromatic rings. The largest absolute Gasteiger partial charge is 0.327 e. The normalized spacial score (nSPS) is 12.4. The maximum atomic E-state index is 12.9. The number of quaternary nitrogens is 1. The van der Waals surface area contributed by atoms with Crippen LogP contribution in [-0.2, 0) is 16.6 Å². The van der Waals surface area contributed by atoms with Gasteiger partial charge in [0.15, 0.2) is 0 Å². The fourth-order valence-electron chi connectivity index (χ4n) is 2.74. The van der Waals surface area contributed by atoms with Gasteiger partial charge in [0, 0.05) is 5.56 Å². The van der Waals surface area contributed by atoms with Crippen LogP contribution in [0.1, 0.15) is 5.56 Å². The Morgan fingerprint density at radius 2 is 1.39 bits per heavy atom. The molecule has 23 heavy (non-hydrogen) atoms. The highest BCUT2D eigenvalue weighted by Gasteiger charge is 2.34. The summed E-state index contributed by atoms with van der Waals surface area (Å²) in [6.45, 7) is 0.419. The van der Waals surface area contributed by atoms with Crippen molar-refractivity contribution in [1.82, 2.24) is 0 Å². The van der Waals surface area contributed by atoms with Gasteiger partial charge >= 0.3 is 10.0 Å². The summed E-state index contributed by atoms with van der Waals surface area (Å²) in [6, 6.07) is 22.8. The topological polar surface area (TPSA) is 34.1 Å². The van der Waals surface area contributed by atoms with Gasteiger partial charge in [-0.2, -0.15) is 8.42 Å². The molecular formula is C19H20NO2S+. The molecule has 0 aliphatic heterocycles. The number of benzene rings is 3. The van der Waals surface area contributed by atoms with Gasteiger partial charge in [-0.3, -0.25) is 0 Å². The van der Waals surface area contributed by atoms with Gasteiger partial charge in [0.2, 0.25) is 0 Å². The minimum Gasteiger partial charge on any atom is -0.215 e. The molecule has 0 aliphatic carbocycles. The van der Waals surface area contributed by atoms with Crippen molar-refractivity contribution in [3.63, 3.8) is 0 Å². The third kappa shape index (κ3) is 3.00. The molecule has 3 rings (SSSR count). The molecule has 3 nitrogen and oxygen atoms in total. The van der Waals surface area contributed by atoms with Gasteiger partial charge < -0.3 is 0 Å². The van der Waals surface area contributed by atoms with Crippen LogP contribution in [0.15, 0.2) is 77.7 Å². The molecule has 0 amide bonds. The first kappa shape index (κ1) is 15.7. The summed E-state index contributed by atoms with van der Waals surface area (Å²) in [5, 5.41) is 2.29. The minimum atomic E-state index is -3.45. The van der Waals surface area contributed by atoms with Crippen LogP contribution in [0, 0.1) is 0 Å². The standard InChI is InChI=1S/C19H20NO2S/c1-20(2,23(21,22)19-10-4-3-5-11-19)15-16-12-13-17-8-6-7-9-18(17)14-16/h3-14H,15H2,1-2H3/q+1. The van der Waals surface area contributed by atoms with Gasteiger partial charge in [-0.1, -0.05) is 54.6 Å². The summed E-state index contributed by atoms with van der Waals surface area (Å²) in [4.78, 5) is 0.353. The third-order valence-electron chi connectivity index (χ3n) is 4.07. The van der Waals surface area contributed by atoms with E-state index in [1.165, 1.54) is 0 Å². The molecule has 0 radical (unpaired) electrons. The molecular weight excluding hydrogens is 306 g/mol. The number of hydrogen-bond acceptors (Lipinski definition) is 2. The molecule has 0 bridgehead atoms. The van der Waals surface area contributed by atoms with E-state index in [4.69, 9.17) is 0 Å². The van der Waals surface area contributed by atoms with Crippen molar-refractivity contribution in [3.8, 4) is 0 Å². The summed E-state index contributed by atoms with van der Waals surface area (Å²) >= 11 is 0. The molecule has 0 unspecified atom stereocenters. The molecule has 118 valence electrons. The maximum absolute atomic E-state index is 12.9. The van der Waals surface area contributed by atoms with Gasteiger partial charge in [0.1, 0.15) is 11.4 Å². The first-order chi connectivity index (χ1) is 10.9. The summed E-state index contributed by atoms with van der Waals surface area (Å²) in [5.41, 5.74) is 1.01. The number of nitrogens with zero attached hydrogens (tertiary/aromatic N) is 1. The zero-order valence-electron chi connectivity index (χ0n) is 13.3. The van der Waals surface area contributed by atoms with Crippen LogP contribution in [0.3, 0.4) is 0 Å². The van der Waals surface area contributed by atoms with Crippen LogP contribution in [0.4, 0.5) is 0 Å². The van der Waals surface area contributed by atoms with Crippen molar-refractivity contribution in [3.05, 3.63) is 78.4 Å². The molecule has 0 saturated heterocycles. The van der Waals surface area contributed by atoms with E-state index in [1.54, 1.807) is 38.4 Å². The molecule has 0 spiro atoms. The first-order valence-electron chi connectivity index (χ1n) is 7.51. The average molecular weight is 326 g/mol. The van der Waals surface area contributed by atoms with Crippen molar-refractivity contribution in [2.45, 2.75) is 11.4 Å². The van der Waals surface area contributed by atoms with Gasteiger partial charge in [0.05, 0.1) is 14.1 Å². The van der Waals surface area contributed by atoms with Crippen LogP contribution in [-0.4, -0.2) is 26.4 Å². The monoisotopic (exact) mass is 326 g/mol. The predicted octanol–water partition coefficient (Wildman–Crippen LogP) is 3.81. The quantitative estimate of drug-likeness (QED) is 0.683. The third-order valence-corrected chi connectivity index (χ3v) is 6.37. The number of hydrogen-bond donors (Lipinski definition) is 0. The molecule has 3 aromatic carbocycles. The average Bonchev–Trinajstić information content (AvgIpc) is 2.55. The van der Waals surface area contributed by atoms with Gasteiger partial charge in [-0.05, 0) is 29.0 Å². The summed E-state index contributed by atoms with van der Waals surface area (Å²) in [6.07, 6.45) is 0. The Labute approximate surface area is 137 Å². The lowest BCUT2D eigenvalue weighted by Gasteiger charge is -2.28. The minimum absolute atomic E-state index is 0.116. The molecule has 0 saturated carbocycles. The van der Waals surface area contributed by atoms with Crippen molar-refractivity contribution < 1.29 is 12.3 Å². The van der Waals surface area contributed by atoms with E-state index in [1.807, 2.05) is 36.4 Å². The summed E-state index contributed by atoms with van der Waals surface area (Å²) in [7, 11) is 0.0148. The Hall–Kier alpha value is -2.17. The van der Waals surface area contributed by atoms with Gasteiger partial charge in [0.25, 0.3) is 0 Å². The van der Waals surface area contributed by atoms with Crippen molar-refractivity contribution in [1.29, 1.82) is 0 Å². The second-order valence-corrected chi connectivity index (χ2v) is 8.61. The number of sulfonamides is 1. The smallest absolute Gasteiger partial charge is 0.215 e. The van der Waals surface area contributed by atoms with E-state index in [9.17, 15) is 8.42 Å². The fourth-order valence-corrected chi connectivity index (χ4v) is 4.13. The lowest BCUT2D eigenvalue weighted by molar-refractivity contribution is -0.777. The summed E-state index contributed by atoms with van der Waals surface area (Å²) in [5.74, 6) is 0. The fraction of sp³-hybridized carbons (Fsp3) is 0.158. The zero-order chi connectivity index (χ0) is 16.5. The molecule has 0 aliphatic rings. The Balaban J connectivity index is 1.96. The second-order valence-electron chi connectivity index (χ2n) is 6.20. The Kier molecular flexibility index (Phi) is 3.96. The van der Waals surface area contributed by atoms with Crippen LogP contribution in [0.2, 0.25) is 0 Å². The highest BCUT2D eigenvalue weighted by Crippen LogP contribution is 2.24. The second kappa shape index (κ2) is 5.80. The molecule has 0 fully saturated rings. The molecule has 0 aromatic heterocycles. The summed E-state index contributed by atoms with van der Waals surface area (Å²) < 4.78 is 25.7. The Morgan fingerprint density at radius 1 is 0.783 bits per heavy atom. The van der Waals surface area contributed by atoms with Crippen molar-refractivity contribution >= 4 is 20.8 Å².